The van der Waals surface area contributed by atoms with Crippen LogP contribution in [0, 0.1) is 0 Å². The fourth-order valence-electron chi connectivity index (χ4n) is 2.36. The highest BCUT2D eigenvalue weighted by molar-refractivity contribution is 7.89. The number of hydrogen-bond donors (Lipinski definition) is 1. The van der Waals surface area contributed by atoms with E-state index in [-0.39, 0.29) is 10.8 Å². The zero-order valence-electron chi connectivity index (χ0n) is 13.6. The Labute approximate surface area is 155 Å². The predicted octanol–water partition coefficient (Wildman–Crippen LogP) is 2.77. The van der Waals surface area contributed by atoms with Gasteiger partial charge in [-0.25, -0.2) is 18.2 Å². The van der Waals surface area contributed by atoms with Gasteiger partial charge in [-0.2, -0.15) is 0 Å². The summed E-state index contributed by atoms with van der Waals surface area (Å²) in [4.78, 5) is 11.2. The van der Waals surface area contributed by atoms with E-state index in [1.54, 1.807) is 42.5 Å². The lowest BCUT2D eigenvalue weighted by Crippen LogP contribution is -2.12. The number of benzene rings is 2. The number of nitrogens with zero attached hydrogens (tertiary/aromatic N) is 2. The van der Waals surface area contributed by atoms with E-state index in [0.29, 0.717) is 16.4 Å². The molecule has 0 aliphatic heterocycles. The Balaban J connectivity index is 2.11. The third kappa shape index (κ3) is 3.93. The minimum atomic E-state index is -3.79. The molecular formula is C17H14ClN3O4S. The number of carbonyl (C=O) groups excluding carboxylic acids is 1. The van der Waals surface area contributed by atoms with Gasteiger partial charge in [0.1, 0.15) is 0 Å². The Morgan fingerprint density at radius 3 is 2.27 bits per heavy atom. The molecule has 9 heteroatoms. The van der Waals surface area contributed by atoms with Gasteiger partial charge in [-0.1, -0.05) is 23.7 Å². The molecule has 26 heavy (non-hydrogen) atoms. The van der Waals surface area contributed by atoms with Crippen molar-refractivity contribution in [3.8, 4) is 22.8 Å². The molecule has 0 aliphatic carbocycles. The van der Waals surface area contributed by atoms with Crippen LogP contribution >= 0.6 is 11.6 Å². The number of aromatic nitrogens is 2. The van der Waals surface area contributed by atoms with Gasteiger partial charge in [-0.3, -0.25) is 4.79 Å². The molecule has 3 rings (SSSR count). The van der Waals surface area contributed by atoms with Gasteiger partial charge in [0.15, 0.2) is 0 Å². The number of sulfonamides is 1. The van der Waals surface area contributed by atoms with Crippen molar-refractivity contribution in [2.75, 3.05) is 0 Å². The minimum absolute atomic E-state index is 0.0124. The summed E-state index contributed by atoms with van der Waals surface area (Å²) in [5, 5.41) is 9.97. The van der Waals surface area contributed by atoms with Crippen molar-refractivity contribution in [1.29, 1.82) is 0 Å². The van der Waals surface area contributed by atoms with Crippen molar-refractivity contribution in [3.63, 3.8) is 0 Å². The van der Waals surface area contributed by atoms with Crippen LogP contribution in [0.3, 0.4) is 0 Å². The number of hydrogen-bond acceptors (Lipinski definition) is 5. The number of primary sulfonamides is 1. The second-order valence-electron chi connectivity index (χ2n) is 5.42. The van der Waals surface area contributed by atoms with E-state index in [1.807, 2.05) is 0 Å². The highest BCUT2D eigenvalue weighted by Gasteiger charge is 2.15. The number of halogens is 1. The molecule has 0 atom stereocenters. The SMILES string of the molecule is CC(=O)Oc1cc(-c2ccc(Cl)cc2)n(-c2ccc(S(N)(=O)=O)cc2)n1. The normalized spacial score (nSPS) is 11.3. The molecular weight excluding hydrogens is 378 g/mol. The number of carbonyl (C=O) groups is 1. The van der Waals surface area contributed by atoms with Crippen molar-refractivity contribution >= 4 is 27.6 Å². The maximum absolute atomic E-state index is 11.4. The molecule has 3 aromatic rings. The summed E-state index contributed by atoms with van der Waals surface area (Å²) >= 11 is 5.93. The molecule has 7 nitrogen and oxygen atoms in total. The lowest BCUT2D eigenvalue weighted by molar-refractivity contribution is -0.132. The van der Waals surface area contributed by atoms with Crippen molar-refractivity contribution in [2.45, 2.75) is 11.8 Å². The molecule has 0 unspecified atom stereocenters. The summed E-state index contributed by atoms with van der Waals surface area (Å²) in [7, 11) is -3.79. The molecule has 0 saturated heterocycles. The Morgan fingerprint density at radius 2 is 1.73 bits per heavy atom. The lowest BCUT2D eigenvalue weighted by atomic mass is 10.1. The first-order valence-electron chi connectivity index (χ1n) is 7.42. The van der Waals surface area contributed by atoms with Crippen molar-refractivity contribution in [2.24, 2.45) is 5.14 Å². The van der Waals surface area contributed by atoms with Gasteiger partial charge < -0.3 is 4.74 Å². The maximum atomic E-state index is 11.4. The van der Waals surface area contributed by atoms with Crippen LogP contribution in [0.4, 0.5) is 0 Å². The van der Waals surface area contributed by atoms with Crippen LogP contribution < -0.4 is 9.88 Å². The monoisotopic (exact) mass is 391 g/mol. The first kappa shape index (κ1) is 18.1. The zero-order valence-corrected chi connectivity index (χ0v) is 15.2. The van der Waals surface area contributed by atoms with Gasteiger partial charge in [0.05, 0.1) is 16.3 Å². The molecule has 0 radical (unpaired) electrons. The van der Waals surface area contributed by atoms with E-state index in [2.05, 4.69) is 5.10 Å². The zero-order chi connectivity index (χ0) is 18.9. The first-order valence-corrected chi connectivity index (χ1v) is 9.34. The van der Waals surface area contributed by atoms with Crippen molar-refractivity contribution in [3.05, 3.63) is 59.6 Å². The van der Waals surface area contributed by atoms with Crippen LogP contribution in [0.2, 0.25) is 5.02 Å². The first-order chi connectivity index (χ1) is 12.2. The van der Waals surface area contributed by atoms with Gasteiger partial charge in [0.25, 0.3) is 0 Å². The Kier molecular flexibility index (Phi) is 4.82. The van der Waals surface area contributed by atoms with Gasteiger partial charge in [0, 0.05) is 23.6 Å². The van der Waals surface area contributed by atoms with E-state index in [9.17, 15) is 13.2 Å². The van der Waals surface area contributed by atoms with Crippen LogP contribution in [0.1, 0.15) is 6.92 Å². The molecule has 0 fully saturated rings. The fourth-order valence-corrected chi connectivity index (χ4v) is 3.00. The van der Waals surface area contributed by atoms with E-state index >= 15 is 0 Å². The third-order valence-corrected chi connectivity index (χ3v) is 4.67. The Hall–Kier alpha value is -2.68. The second kappa shape index (κ2) is 6.91. The van der Waals surface area contributed by atoms with Crippen LogP contribution in [0.5, 0.6) is 5.88 Å². The van der Waals surface area contributed by atoms with E-state index in [1.165, 1.54) is 23.7 Å². The van der Waals surface area contributed by atoms with Gasteiger partial charge in [-0.15, -0.1) is 5.10 Å². The van der Waals surface area contributed by atoms with Crippen LogP contribution in [0.25, 0.3) is 16.9 Å². The second-order valence-corrected chi connectivity index (χ2v) is 7.42. The van der Waals surface area contributed by atoms with Gasteiger partial charge in [-0.05, 0) is 36.4 Å². The molecule has 1 heterocycles. The summed E-state index contributed by atoms with van der Waals surface area (Å²) in [6, 6.07) is 14.5. The van der Waals surface area contributed by atoms with Crippen molar-refractivity contribution < 1.29 is 17.9 Å². The van der Waals surface area contributed by atoms with Gasteiger partial charge in [0.2, 0.25) is 15.9 Å². The molecule has 0 spiro atoms. The summed E-state index contributed by atoms with van der Waals surface area (Å²) in [6.07, 6.45) is 0. The molecule has 0 aliphatic rings. The van der Waals surface area contributed by atoms with Gasteiger partial charge >= 0.3 is 5.97 Å². The highest BCUT2D eigenvalue weighted by atomic mass is 35.5. The molecule has 2 aromatic carbocycles. The fraction of sp³-hybridized carbons (Fsp3) is 0.0588. The standard InChI is InChI=1S/C17H14ClN3O4S/c1-11(22)25-17-10-16(12-2-4-13(18)5-3-12)21(20-17)14-6-8-15(9-7-14)26(19,23)24/h2-10H,1H3,(H2,19,23,24). The third-order valence-electron chi connectivity index (χ3n) is 3.49. The Bertz CT molecular complexity index is 1060. The van der Waals surface area contributed by atoms with E-state index < -0.39 is 16.0 Å². The Morgan fingerprint density at radius 1 is 1.12 bits per heavy atom. The largest absolute Gasteiger partial charge is 0.406 e. The minimum Gasteiger partial charge on any atom is -0.406 e. The average Bonchev–Trinajstić information content (AvgIpc) is 2.98. The molecule has 0 saturated carbocycles. The number of rotatable bonds is 4. The summed E-state index contributed by atoms with van der Waals surface area (Å²) in [5.74, 6) is -0.375. The van der Waals surface area contributed by atoms with E-state index in [4.69, 9.17) is 21.5 Å². The maximum Gasteiger partial charge on any atom is 0.309 e. The van der Waals surface area contributed by atoms with E-state index in [0.717, 1.165) is 5.56 Å². The van der Waals surface area contributed by atoms with Crippen LogP contribution in [-0.4, -0.2) is 24.2 Å². The van der Waals surface area contributed by atoms with Crippen LogP contribution in [0.15, 0.2) is 59.5 Å². The molecule has 1 aromatic heterocycles. The number of esters is 1. The van der Waals surface area contributed by atoms with Crippen molar-refractivity contribution in [1.82, 2.24) is 9.78 Å². The quantitative estimate of drug-likeness (QED) is 0.688. The van der Waals surface area contributed by atoms with Crippen LogP contribution in [-0.2, 0) is 14.8 Å². The highest BCUT2D eigenvalue weighted by Crippen LogP contribution is 2.28. The molecule has 134 valence electrons. The summed E-state index contributed by atoms with van der Waals surface area (Å²) in [6.45, 7) is 1.28. The number of nitrogens with two attached hydrogens (primary N) is 1. The summed E-state index contributed by atoms with van der Waals surface area (Å²) in [5.41, 5.74) is 2.00. The predicted molar refractivity (Wildman–Crippen MR) is 96.7 cm³/mol. The summed E-state index contributed by atoms with van der Waals surface area (Å²) < 4.78 is 29.4. The topological polar surface area (TPSA) is 104 Å². The molecule has 2 N–H and O–H groups in total. The molecule has 0 bridgehead atoms. The molecule has 0 amide bonds. The number of ether oxygens (including phenoxy) is 1. The average molecular weight is 392 g/mol. The smallest absolute Gasteiger partial charge is 0.309 e. The lowest BCUT2D eigenvalue weighted by Gasteiger charge is -2.08.